The summed E-state index contributed by atoms with van der Waals surface area (Å²) in [5.41, 5.74) is 2.23. The van der Waals surface area contributed by atoms with Crippen molar-refractivity contribution in [3.8, 4) is 11.5 Å². The number of hydrogen-bond donors (Lipinski definition) is 2. The molecule has 0 saturated heterocycles. The maximum atomic E-state index is 13.0. The number of carbonyl (C=O) groups excluding carboxylic acids is 1. The lowest BCUT2D eigenvalue weighted by Crippen LogP contribution is -2.38. The Morgan fingerprint density at radius 3 is 2.68 bits per heavy atom. The average Bonchev–Trinajstić information content (AvgIpc) is 2.95. The average molecular weight is 352 g/mol. The summed E-state index contributed by atoms with van der Waals surface area (Å²) in [5.74, 6) is -0.202. The van der Waals surface area contributed by atoms with Crippen LogP contribution in [-0.4, -0.2) is 28.1 Å². The molecule has 1 atom stereocenters. The van der Waals surface area contributed by atoms with Crippen LogP contribution in [0.25, 0.3) is 0 Å². The van der Waals surface area contributed by atoms with Gasteiger partial charge in [0.2, 0.25) is 0 Å². The van der Waals surface area contributed by atoms with Crippen LogP contribution in [-0.2, 0) is 6.54 Å². The van der Waals surface area contributed by atoms with Crippen LogP contribution in [0.1, 0.15) is 18.3 Å². The number of hydrogen-bond acceptors (Lipinski definition) is 4. The van der Waals surface area contributed by atoms with Gasteiger partial charge in [0.05, 0.1) is 12.2 Å². The zero-order valence-corrected chi connectivity index (χ0v) is 14.0. The van der Waals surface area contributed by atoms with Crippen LogP contribution in [0.15, 0.2) is 24.3 Å². The highest BCUT2D eigenvalue weighted by molar-refractivity contribution is 5.89. The first kappa shape index (κ1) is 17.0. The second kappa shape index (κ2) is 6.23. The number of alkyl halides is 2. The van der Waals surface area contributed by atoms with Crippen molar-refractivity contribution in [2.45, 2.75) is 39.7 Å². The van der Waals surface area contributed by atoms with Gasteiger partial charge in [-0.1, -0.05) is 0 Å². The van der Waals surface area contributed by atoms with Crippen LogP contribution in [0.2, 0.25) is 0 Å². The molecule has 1 aromatic heterocycles. The van der Waals surface area contributed by atoms with Gasteiger partial charge in [-0.25, -0.2) is 4.79 Å². The van der Waals surface area contributed by atoms with Crippen LogP contribution in [0.3, 0.4) is 0 Å². The minimum Gasteiger partial charge on any atom is -0.395 e. The summed E-state index contributed by atoms with van der Waals surface area (Å²) in [5, 5.41) is 9.68. The Labute approximate surface area is 142 Å². The zero-order valence-electron chi connectivity index (χ0n) is 14.0. The zero-order chi connectivity index (χ0) is 18.2. The molecule has 2 aromatic rings. The standard InChI is InChI=1S/C16H18F2N4O3/c1-9-6-11(3)22(21-9)8-10(2)19-15(23)20-12-4-5-13-14(7-12)25-16(17,18)24-13/h4-7,10H,8H2,1-3H3,(H2,19,20,23)/t10-/m1/s1. The Hall–Kier alpha value is -2.84. The van der Waals surface area contributed by atoms with E-state index < -0.39 is 12.3 Å². The Morgan fingerprint density at radius 2 is 2.00 bits per heavy atom. The van der Waals surface area contributed by atoms with Crippen molar-refractivity contribution < 1.29 is 23.0 Å². The van der Waals surface area contributed by atoms with Gasteiger partial charge in [0.15, 0.2) is 11.5 Å². The molecule has 3 rings (SSSR count). The van der Waals surface area contributed by atoms with Gasteiger partial charge in [-0.3, -0.25) is 4.68 Å². The molecule has 0 unspecified atom stereocenters. The van der Waals surface area contributed by atoms with Crippen molar-refractivity contribution in [2.75, 3.05) is 5.32 Å². The molecule has 2 amide bonds. The van der Waals surface area contributed by atoms with Gasteiger partial charge in [0, 0.05) is 23.5 Å². The van der Waals surface area contributed by atoms with Gasteiger partial charge in [-0.15, -0.1) is 8.78 Å². The van der Waals surface area contributed by atoms with E-state index in [1.807, 2.05) is 31.5 Å². The minimum atomic E-state index is -3.68. The van der Waals surface area contributed by atoms with Crippen molar-refractivity contribution in [3.05, 3.63) is 35.7 Å². The van der Waals surface area contributed by atoms with Crippen LogP contribution in [0, 0.1) is 13.8 Å². The Kier molecular flexibility index (Phi) is 4.23. The van der Waals surface area contributed by atoms with Gasteiger partial charge in [0.25, 0.3) is 0 Å². The molecule has 0 aliphatic carbocycles. The fourth-order valence-corrected chi connectivity index (χ4v) is 2.58. The molecule has 0 radical (unpaired) electrons. The molecular formula is C16H18F2N4O3. The molecule has 134 valence electrons. The number of nitrogens with zero attached hydrogens (tertiary/aromatic N) is 2. The molecular weight excluding hydrogens is 334 g/mol. The predicted octanol–water partition coefficient (Wildman–Crippen LogP) is 3.03. The summed E-state index contributed by atoms with van der Waals surface area (Å²) in [7, 11) is 0. The van der Waals surface area contributed by atoms with E-state index in [9.17, 15) is 13.6 Å². The van der Waals surface area contributed by atoms with Gasteiger partial charge >= 0.3 is 12.3 Å². The fraction of sp³-hybridized carbons (Fsp3) is 0.375. The fourth-order valence-electron chi connectivity index (χ4n) is 2.58. The molecule has 9 heteroatoms. The number of fused-ring (bicyclic) bond motifs is 1. The third-order valence-electron chi connectivity index (χ3n) is 3.59. The Balaban J connectivity index is 1.57. The summed E-state index contributed by atoms with van der Waals surface area (Å²) >= 11 is 0. The van der Waals surface area contributed by atoms with Crippen molar-refractivity contribution in [1.29, 1.82) is 0 Å². The number of ether oxygens (including phenoxy) is 2. The minimum absolute atomic E-state index is 0.0751. The highest BCUT2D eigenvalue weighted by Gasteiger charge is 2.43. The van der Waals surface area contributed by atoms with Crippen LogP contribution >= 0.6 is 0 Å². The monoisotopic (exact) mass is 352 g/mol. The molecule has 0 spiro atoms. The molecule has 0 saturated carbocycles. The van der Waals surface area contributed by atoms with E-state index in [1.54, 1.807) is 0 Å². The lowest BCUT2D eigenvalue weighted by atomic mass is 10.3. The summed E-state index contributed by atoms with van der Waals surface area (Å²) in [6.45, 7) is 6.20. The smallest absolute Gasteiger partial charge is 0.395 e. The molecule has 0 bridgehead atoms. The van der Waals surface area contributed by atoms with Crippen molar-refractivity contribution >= 4 is 11.7 Å². The lowest BCUT2D eigenvalue weighted by molar-refractivity contribution is -0.286. The summed E-state index contributed by atoms with van der Waals surface area (Å²) in [4.78, 5) is 12.1. The highest BCUT2D eigenvalue weighted by Crippen LogP contribution is 2.42. The molecule has 2 heterocycles. The van der Waals surface area contributed by atoms with E-state index in [4.69, 9.17) is 0 Å². The van der Waals surface area contributed by atoms with Gasteiger partial charge < -0.3 is 20.1 Å². The molecule has 2 N–H and O–H groups in total. The highest BCUT2D eigenvalue weighted by atomic mass is 19.3. The number of amides is 2. The Morgan fingerprint density at radius 1 is 1.28 bits per heavy atom. The van der Waals surface area contributed by atoms with Crippen LogP contribution < -0.4 is 20.1 Å². The lowest BCUT2D eigenvalue weighted by Gasteiger charge is -2.15. The second-order valence-corrected chi connectivity index (χ2v) is 5.94. The third-order valence-corrected chi connectivity index (χ3v) is 3.59. The van der Waals surface area contributed by atoms with E-state index in [1.165, 1.54) is 18.2 Å². The maximum Gasteiger partial charge on any atom is 0.586 e. The number of halogens is 2. The van der Waals surface area contributed by atoms with Crippen molar-refractivity contribution in [1.82, 2.24) is 15.1 Å². The van der Waals surface area contributed by atoms with Gasteiger partial charge in [-0.2, -0.15) is 5.10 Å². The normalized spacial score (nSPS) is 15.7. The van der Waals surface area contributed by atoms with E-state index in [0.29, 0.717) is 12.2 Å². The van der Waals surface area contributed by atoms with Crippen LogP contribution in [0.4, 0.5) is 19.3 Å². The quantitative estimate of drug-likeness (QED) is 0.887. The summed E-state index contributed by atoms with van der Waals surface area (Å²) in [6.07, 6.45) is -3.68. The van der Waals surface area contributed by atoms with E-state index in [0.717, 1.165) is 11.4 Å². The first-order valence-electron chi connectivity index (χ1n) is 7.70. The van der Waals surface area contributed by atoms with E-state index in [-0.39, 0.29) is 17.5 Å². The largest absolute Gasteiger partial charge is 0.586 e. The molecule has 25 heavy (non-hydrogen) atoms. The Bertz CT molecular complexity index is 807. The second-order valence-electron chi connectivity index (χ2n) is 5.94. The summed E-state index contributed by atoms with van der Waals surface area (Å²) < 4.78 is 36.5. The number of rotatable bonds is 4. The van der Waals surface area contributed by atoms with Crippen molar-refractivity contribution in [2.24, 2.45) is 0 Å². The number of urea groups is 1. The summed E-state index contributed by atoms with van der Waals surface area (Å²) in [6, 6.07) is 5.35. The van der Waals surface area contributed by atoms with Gasteiger partial charge in [-0.05, 0) is 39.0 Å². The first-order chi connectivity index (χ1) is 11.7. The first-order valence-corrected chi connectivity index (χ1v) is 7.70. The van der Waals surface area contributed by atoms with Crippen molar-refractivity contribution in [3.63, 3.8) is 0 Å². The number of aromatic nitrogens is 2. The number of carbonyl (C=O) groups is 1. The SMILES string of the molecule is Cc1cc(C)n(C[C@@H](C)NC(=O)Nc2ccc3c(c2)OC(F)(F)O3)n1. The molecule has 1 aromatic carbocycles. The van der Waals surface area contributed by atoms with E-state index >= 15 is 0 Å². The molecule has 7 nitrogen and oxygen atoms in total. The molecule has 1 aliphatic rings. The topological polar surface area (TPSA) is 77.4 Å². The number of anilines is 1. The number of aryl methyl sites for hydroxylation is 2. The third kappa shape index (κ3) is 3.98. The number of benzene rings is 1. The van der Waals surface area contributed by atoms with Gasteiger partial charge in [0.1, 0.15) is 0 Å². The molecule has 0 fully saturated rings. The van der Waals surface area contributed by atoms with E-state index in [2.05, 4.69) is 25.2 Å². The predicted molar refractivity (Wildman–Crippen MR) is 86.0 cm³/mol. The molecule has 1 aliphatic heterocycles. The number of nitrogens with one attached hydrogen (secondary N) is 2. The van der Waals surface area contributed by atoms with Crippen LogP contribution in [0.5, 0.6) is 11.5 Å². The maximum absolute atomic E-state index is 13.0.